The SMILES string of the molecule is CCNc1nc(CC)nc(-c2ccc(F)cc2C)c1C. The largest absolute Gasteiger partial charge is 0.370 e. The lowest BCUT2D eigenvalue weighted by atomic mass is 10.0. The minimum atomic E-state index is -0.222. The molecule has 0 saturated heterocycles. The molecule has 0 aliphatic carbocycles. The normalized spacial score (nSPS) is 10.7. The van der Waals surface area contributed by atoms with Crippen LogP contribution in [0.25, 0.3) is 11.3 Å². The van der Waals surface area contributed by atoms with Crippen molar-refractivity contribution < 1.29 is 4.39 Å². The molecule has 0 fully saturated rings. The van der Waals surface area contributed by atoms with Crippen LogP contribution in [0.1, 0.15) is 30.8 Å². The van der Waals surface area contributed by atoms with Gasteiger partial charge in [0.2, 0.25) is 0 Å². The molecule has 1 aromatic carbocycles. The topological polar surface area (TPSA) is 37.8 Å². The van der Waals surface area contributed by atoms with Gasteiger partial charge in [0.25, 0.3) is 0 Å². The van der Waals surface area contributed by atoms with E-state index in [0.717, 1.165) is 47.0 Å². The molecule has 0 saturated carbocycles. The fourth-order valence-corrected chi connectivity index (χ4v) is 2.22. The van der Waals surface area contributed by atoms with E-state index in [2.05, 4.69) is 15.3 Å². The molecule has 1 N–H and O–H groups in total. The summed E-state index contributed by atoms with van der Waals surface area (Å²) in [5, 5.41) is 3.27. The average molecular weight is 273 g/mol. The Kier molecular flexibility index (Phi) is 4.32. The second kappa shape index (κ2) is 5.99. The quantitative estimate of drug-likeness (QED) is 0.918. The standard InChI is InChI=1S/C16H20FN3/c1-5-14-19-15(11(4)16(20-14)18-6-2)13-8-7-12(17)9-10(13)3/h7-9H,5-6H2,1-4H3,(H,18,19,20). The Labute approximate surface area is 119 Å². The third-order valence-corrected chi connectivity index (χ3v) is 3.30. The Bertz CT molecular complexity index is 623. The first-order valence-corrected chi connectivity index (χ1v) is 6.94. The summed E-state index contributed by atoms with van der Waals surface area (Å²) in [7, 11) is 0. The predicted molar refractivity (Wildman–Crippen MR) is 80.4 cm³/mol. The molecule has 0 aliphatic heterocycles. The molecule has 0 unspecified atom stereocenters. The highest BCUT2D eigenvalue weighted by Gasteiger charge is 2.13. The van der Waals surface area contributed by atoms with Crippen molar-refractivity contribution in [2.45, 2.75) is 34.1 Å². The lowest BCUT2D eigenvalue weighted by Gasteiger charge is -2.14. The van der Waals surface area contributed by atoms with Crippen molar-refractivity contribution in [2.75, 3.05) is 11.9 Å². The van der Waals surface area contributed by atoms with Gasteiger partial charge in [-0.25, -0.2) is 14.4 Å². The van der Waals surface area contributed by atoms with Crippen LogP contribution in [-0.4, -0.2) is 16.5 Å². The summed E-state index contributed by atoms with van der Waals surface area (Å²) >= 11 is 0. The number of rotatable bonds is 4. The van der Waals surface area contributed by atoms with Crippen molar-refractivity contribution in [1.82, 2.24) is 9.97 Å². The van der Waals surface area contributed by atoms with Crippen molar-refractivity contribution in [3.05, 3.63) is 41.0 Å². The van der Waals surface area contributed by atoms with Crippen LogP contribution in [0.2, 0.25) is 0 Å². The first-order valence-electron chi connectivity index (χ1n) is 6.94. The molecule has 4 heteroatoms. The molecule has 0 amide bonds. The highest BCUT2D eigenvalue weighted by Crippen LogP contribution is 2.28. The maximum Gasteiger partial charge on any atom is 0.133 e. The van der Waals surface area contributed by atoms with E-state index in [1.165, 1.54) is 12.1 Å². The maximum atomic E-state index is 13.3. The number of halogens is 1. The van der Waals surface area contributed by atoms with E-state index in [0.29, 0.717) is 0 Å². The van der Waals surface area contributed by atoms with Gasteiger partial charge >= 0.3 is 0 Å². The summed E-state index contributed by atoms with van der Waals surface area (Å²) in [6.45, 7) is 8.77. The zero-order valence-corrected chi connectivity index (χ0v) is 12.4. The second-order valence-electron chi connectivity index (χ2n) is 4.81. The van der Waals surface area contributed by atoms with Crippen molar-refractivity contribution in [2.24, 2.45) is 0 Å². The van der Waals surface area contributed by atoms with Crippen LogP contribution in [0, 0.1) is 19.7 Å². The van der Waals surface area contributed by atoms with Gasteiger partial charge in [-0.3, -0.25) is 0 Å². The fourth-order valence-electron chi connectivity index (χ4n) is 2.22. The Balaban J connectivity index is 2.62. The van der Waals surface area contributed by atoms with Crippen LogP contribution in [0.5, 0.6) is 0 Å². The van der Waals surface area contributed by atoms with Gasteiger partial charge in [0.05, 0.1) is 5.69 Å². The summed E-state index contributed by atoms with van der Waals surface area (Å²) in [6, 6.07) is 4.80. The third-order valence-electron chi connectivity index (χ3n) is 3.30. The Morgan fingerprint density at radius 2 is 1.90 bits per heavy atom. The maximum absolute atomic E-state index is 13.3. The van der Waals surface area contributed by atoms with Crippen LogP contribution < -0.4 is 5.32 Å². The van der Waals surface area contributed by atoms with E-state index in [-0.39, 0.29) is 5.82 Å². The fraction of sp³-hybridized carbons (Fsp3) is 0.375. The molecule has 3 nitrogen and oxygen atoms in total. The van der Waals surface area contributed by atoms with Gasteiger partial charge in [0, 0.05) is 24.1 Å². The van der Waals surface area contributed by atoms with Crippen LogP contribution in [0.15, 0.2) is 18.2 Å². The highest BCUT2D eigenvalue weighted by molar-refractivity contribution is 5.70. The third kappa shape index (κ3) is 2.79. The minimum absolute atomic E-state index is 0.222. The van der Waals surface area contributed by atoms with Gasteiger partial charge in [0.1, 0.15) is 17.5 Å². The van der Waals surface area contributed by atoms with Gasteiger partial charge in [-0.1, -0.05) is 6.92 Å². The smallest absolute Gasteiger partial charge is 0.133 e. The number of anilines is 1. The van der Waals surface area contributed by atoms with E-state index < -0.39 is 0 Å². The minimum Gasteiger partial charge on any atom is -0.370 e. The Morgan fingerprint density at radius 3 is 2.50 bits per heavy atom. The summed E-state index contributed by atoms with van der Waals surface area (Å²) in [6.07, 6.45) is 0.770. The summed E-state index contributed by atoms with van der Waals surface area (Å²) < 4.78 is 13.3. The molecule has 0 atom stereocenters. The van der Waals surface area contributed by atoms with Crippen LogP contribution in [0.4, 0.5) is 10.2 Å². The van der Waals surface area contributed by atoms with Gasteiger partial charge in [-0.2, -0.15) is 0 Å². The molecule has 0 radical (unpaired) electrons. The van der Waals surface area contributed by atoms with Crippen molar-refractivity contribution in [1.29, 1.82) is 0 Å². The van der Waals surface area contributed by atoms with Crippen molar-refractivity contribution in [3.63, 3.8) is 0 Å². The van der Waals surface area contributed by atoms with Gasteiger partial charge < -0.3 is 5.32 Å². The first kappa shape index (κ1) is 14.4. The number of nitrogens with zero attached hydrogens (tertiary/aromatic N) is 2. The molecule has 20 heavy (non-hydrogen) atoms. The van der Waals surface area contributed by atoms with E-state index in [4.69, 9.17) is 0 Å². The highest BCUT2D eigenvalue weighted by atomic mass is 19.1. The van der Waals surface area contributed by atoms with E-state index >= 15 is 0 Å². The summed E-state index contributed by atoms with van der Waals surface area (Å²) in [5.41, 5.74) is 3.72. The number of aryl methyl sites for hydroxylation is 2. The molecule has 0 spiro atoms. The second-order valence-corrected chi connectivity index (χ2v) is 4.81. The Hall–Kier alpha value is -1.97. The van der Waals surface area contributed by atoms with Gasteiger partial charge in [0.15, 0.2) is 0 Å². The van der Waals surface area contributed by atoms with Gasteiger partial charge in [-0.05, 0) is 44.5 Å². The number of hydrogen-bond donors (Lipinski definition) is 1. The molecule has 1 aromatic heterocycles. The van der Waals surface area contributed by atoms with E-state index in [9.17, 15) is 4.39 Å². The number of benzene rings is 1. The summed E-state index contributed by atoms with van der Waals surface area (Å²) in [5.74, 6) is 1.43. The van der Waals surface area contributed by atoms with Crippen LogP contribution in [-0.2, 0) is 6.42 Å². The molecular weight excluding hydrogens is 253 g/mol. The van der Waals surface area contributed by atoms with Crippen molar-refractivity contribution >= 4 is 5.82 Å². The Morgan fingerprint density at radius 1 is 1.15 bits per heavy atom. The molecule has 106 valence electrons. The number of aromatic nitrogens is 2. The molecule has 0 bridgehead atoms. The monoisotopic (exact) mass is 273 g/mol. The molecule has 1 heterocycles. The molecule has 0 aliphatic rings. The first-order chi connectivity index (χ1) is 9.56. The molecular formula is C16H20FN3. The van der Waals surface area contributed by atoms with Crippen LogP contribution in [0.3, 0.4) is 0 Å². The lowest BCUT2D eigenvalue weighted by molar-refractivity contribution is 0.627. The van der Waals surface area contributed by atoms with Gasteiger partial charge in [-0.15, -0.1) is 0 Å². The van der Waals surface area contributed by atoms with Crippen LogP contribution >= 0.6 is 0 Å². The van der Waals surface area contributed by atoms with Crippen molar-refractivity contribution in [3.8, 4) is 11.3 Å². The zero-order chi connectivity index (χ0) is 14.7. The zero-order valence-electron chi connectivity index (χ0n) is 12.4. The van der Waals surface area contributed by atoms with E-state index in [1.54, 1.807) is 6.07 Å². The number of nitrogens with one attached hydrogen (secondary N) is 1. The molecule has 2 aromatic rings. The molecule has 2 rings (SSSR count). The lowest BCUT2D eigenvalue weighted by Crippen LogP contribution is -2.08. The number of hydrogen-bond acceptors (Lipinski definition) is 3. The average Bonchev–Trinajstić information content (AvgIpc) is 2.42. The summed E-state index contributed by atoms with van der Waals surface area (Å²) in [4.78, 5) is 9.14. The van der Waals surface area contributed by atoms with E-state index in [1.807, 2.05) is 27.7 Å². The predicted octanol–water partition coefficient (Wildman–Crippen LogP) is 3.89.